The van der Waals surface area contributed by atoms with Crippen LogP contribution >= 0.6 is 11.3 Å². The number of anilines is 1. The Balaban J connectivity index is 1.39. The average Bonchev–Trinajstić information content (AvgIpc) is 3.53. The van der Waals surface area contributed by atoms with E-state index < -0.39 is 0 Å². The van der Waals surface area contributed by atoms with Crippen molar-refractivity contribution in [3.05, 3.63) is 47.8 Å². The molecule has 0 bridgehead atoms. The minimum atomic E-state index is -0.140. The van der Waals surface area contributed by atoms with E-state index in [0.717, 1.165) is 23.8 Å². The number of hydrogen-bond acceptors (Lipinski definition) is 7. The smallest absolute Gasteiger partial charge is 0.268 e. The highest BCUT2D eigenvalue weighted by molar-refractivity contribution is 7.17. The normalized spacial score (nSPS) is 13.5. The van der Waals surface area contributed by atoms with Gasteiger partial charge in [-0.05, 0) is 49.1 Å². The lowest BCUT2D eigenvalue weighted by atomic mass is 10.1. The molecule has 8 nitrogen and oxygen atoms in total. The van der Waals surface area contributed by atoms with Gasteiger partial charge in [0.2, 0.25) is 10.3 Å². The van der Waals surface area contributed by atoms with Gasteiger partial charge in [0.15, 0.2) is 11.5 Å². The molecule has 0 unspecified atom stereocenters. The van der Waals surface area contributed by atoms with Gasteiger partial charge in [-0.1, -0.05) is 17.4 Å². The second-order valence-electron chi connectivity index (χ2n) is 7.02. The van der Waals surface area contributed by atoms with Gasteiger partial charge in [-0.2, -0.15) is 0 Å². The molecule has 1 aliphatic heterocycles. The monoisotopic (exact) mass is 427 g/mol. The van der Waals surface area contributed by atoms with Gasteiger partial charge in [0, 0.05) is 25.8 Å². The zero-order valence-electron chi connectivity index (χ0n) is 17.1. The van der Waals surface area contributed by atoms with E-state index in [4.69, 9.17) is 9.47 Å². The number of amides is 1. The topological polar surface area (TPSA) is 81.5 Å². The summed E-state index contributed by atoms with van der Waals surface area (Å²) in [6.07, 6.45) is 4.90. The Kier molecular flexibility index (Phi) is 6.18. The van der Waals surface area contributed by atoms with Crippen molar-refractivity contribution >= 4 is 22.4 Å². The molecule has 0 spiro atoms. The third-order valence-corrected chi connectivity index (χ3v) is 6.10. The number of hydrogen-bond donors (Lipinski definition) is 1. The van der Waals surface area contributed by atoms with Crippen LogP contribution in [0.5, 0.6) is 11.5 Å². The lowest BCUT2D eigenvalue weighted by molar-refractivity contribution is 0.0947. The highest BCUT2D eigenvalue weighted by Crippen LogP contribution is 2.28. The first-order chi connectivity index (χ1) is 14.7. The van der Waals surface area contributed by atoms with E-state index in [0.29, 0.717) is 35.3 Å². The molecular weight excluding hydrogens is 402 g/mol. The zero-order valence-corrected chi connectivity index (χ0v) is 17.9. The molecule has 1 fully saturated rings. The molecule has 30 heavy (non-hydrogen) atoms. The molecule has 2 aromatic heterocycles. The molecule has 0 atom stereocenters. The zero-order chi connectivity index (χ0) is 20.9. The van der Waals surface area contributed by atoms with E-state index in [1.165, 1.54) is 24.2 Å². The number of methoxy groups -OCH3 is 2. The van der Waals surface area contributed by atoms with E-state index in [-0.39, 0.29) is 5.91 Å². The molecule has 1 saturated heterocycles. The Morgan fingerprint density at radius 2 is 1.87 bits per heavy atom. The molecular formula is C21H25N5O3S. The van der Waals surface area contributed by atoms with E-state index in [1.807, 2.05) is 30.5 Å². The van der Waals surface area contributed by atoms with Crippen LogP contribution in [0.3, 0.4) is 0 Å². The number of carbonyl (C=O) groups is 1. The molecule has 0 aliphatic carbocycles. The summed E-state index contributed by atoms with van der Waals surface area (Å²) in [5.74, 6) is 1.23. The van der Waals surface area contributed by atoms with Crippen molar-refractivity contribution < 1.29 is 14.3 Å². The van der Waals surface area contributed by atoms with Gasteiger partial charge in [0.05, 0.1) is 14.2 Å². The quantitative estimate of drug-likeness (QED) is 0.595. The van der Waals surface area contributed by atoms with Crippen LogP contribution in [0.4, 0.5) is 5.13 Å². The molecule has 4 rings (SSSR count). The van der Waals surface area contributed by atoms with Gasteiger partial charge in [0.25, 0.3) is 5.91 Å². The lowest BCUT2D eigenvalue weighted by Crippen LogP contribution is -2.27. The second kappa shape index (κ2) is 9.17. The molecule has 0 saturated carbocycles. The van der Waals surface area contributed by atoms with E-state index in [2.05, 4.69) is 20.4 Å². The molecule has 1 amide bonds. The third-order valence-electron chi connectivity index (χ3n) is 5.11. The number of aromatic nitrogens is 3. The fourth-order valence-electron chi connectivity index (χ4n) is 3.52. The van der Waals surface area contributed by atoms with Crippen LogP contribution in [0.25, 0.3) is 5.13 Å². The average molecular weight is 428 g/mol. The number of benzene rings is 1. The van der Waals surface area contributed by atoms with Crippen molar-refractivity contribution in [2.45, 2.75) is 19.3 Å². The summed E-state index contributed by atoms with van der Waals surface area (Å²) < 4.78 is 12.4. The van der Waals surface area contributed by atoms with E-state index >= 15 is 0 Å². The first-order valence-electron chi connectivity index (χ1n) is 9.95. The van der Waals surface area contributed by atoms with Crippen LogP contribution in [-0.4, -0.2) is 54.5 Å². The van der Waals surface area contributed by atoms with Crippen LogP contribution in [-0.2, 0) is 6.42 Å². The maximum absolute atomic E-state index is 12.7. The predicted octanol–water partition coefficient (Wildman–Crippen LogP) is 2.92. The van der Waals surface area contributed by atoms with Crippen molar-refractivity contribution in [3.8, 4) is 16.6 Å². The van der Waals surface area contributed by atoms with Gasteiger partial charge < -0.3 is 19.7 Å². The third kappa shape index (κ3) is 4.25. The van der Waals surface area contributed by atoms with Crippen LogP contribution in [0.1, 0.15) is 28.9 Å². The van der Waals surface area contributed by atoms with E-state index in [9.17, 15) is 4.79 Å². The van der Waals surface area contributed by atoms with Gasteiger partial charge in [-0.3, -0.25) is 9.36 Å². The molecule has 158 valence electrons. The maximum Gasteiger partial charge on any atom is 0.268 e. The van der Waals surface area contributed by atoms with Crippen molar-refractivity contribution in [3.63, 3.8) is 0 Å². The fourth-order valence-corrected chi connectivity index (χ4v) is 4.42. The summed E-state index contributed by atoms with van der Waals surface area (Å²) in [6, 6.07) is 9.41. The van der Waals surface area contributed by atoms with Crippen LogP contribution in [0, 0.1) is 0 Å². The summed E-state index contributed by atoms with van der Waals surface area (Å²) >= 11 is 1.51. The SMILES string of the molecule is COc1ccc(CCNC(=O)c2cccn2-c2nnc(N3CCCC3)s2)cc1OC. The Morgan fingerprint density at radius 1 is 1.10 bits per heavy atom. The largest absolute Gasteiger partial charge is 0.493 e. The summed E-state index contributed by atoms with van der Waals surface area (Å²) in [6.45, 7) is 2.54. The van der Waals surface area contributed by atoms with Crippen LogP contribution < -0.4 is 19.7 Å². The number of nitrogens with zero attached hydrogens (tertiary/aromatic N) is 4. The summed E-state index contributed by atoms with van der Waals surface area (Å²) in [5, 5.41) is 13.2. The number of rotatable bonds is 8. The molecule has 1 aliphatic rings. The molecule has 9 heteroatoms. The summed E-state index contributed by atoms with van der Waals surface area (Å²) in [5.41, 5.74) is 1.61. The summed E-state index contributed by atoms with van der Waals surface area (Å²) in [7, 11) is 3.22. The van der Waals surface area contributed by atoms with Crippen LogP contribution in [0.15, 0.2) is 36.5 Å². The lowest BCUT2D eigenvalue weighted by Gasteiger charge is -2.11. The van der Waals surface area contributed by atoms with Gasteiger partial charge in [-0.25, -0.2) is 0 Å². The molecule has 1 N–H and O–H groups in total. The van der Waals surface area contributed by atoms with Crippen molar-refractivity contribution in [1.82, 2.24) is 20.1 Å². The van der Waals surface area contributed by atoms with Gasteiger partial charge in [0.1, 0.15) is 5.69 Å². The first kappa shape index (κ1) is 20.2. The molecule has 1 aromatic carbocycles. The number of nitrogens with one attached hydrogen (secondary N) is 1. The Labute approximate surface area is 179 Å². The number of carbonyl (C=O) groups excluding carboxylic acids is 1. The van der Waals surface area contributed by atoms with Gasteiger partial charge >= 0.3 is 0 Å². The Hall–Kier alpha value is -3.07. The van der Waals surface area contributed by atoms with Crippen molar-refractivity contribution in [2.24, 2.45) is 0 Å². The second-order valence-corrected chi connectivity index (χ2v) is 7.95. The number of ether oxygens (including phenoxy) is 2. The minimum absolute atomic E-state index is 0.140. The maximum atomic E-state index is 12.7. The minimum Gasteiger partial charge on any atom is -0.493 e. The predicted molar refractivity (Wildman–Crippen MR) is 116 cm³/mol. The van der Waals surface area contributed by atoms with Gasteiger partial charge in [-0.15, -0.1) is 10.2 Å². The van der Waals surface area contributed by atoms with E-state index in [1.54, 1.807) is 24.9 Å². The molecule has 3 heterocycles. The molecule has 3 aromatic rings. The fraction of sp³-hybridized carbons (Fsp3) is 0.381. The standard InChI is InChI=1S/C21H25N5O3S/c1-28-17-8-7-15(14-18(17)29-2)9-10-22-19(27)16-6-5-13-26(16)21-24-23-20(30-21)25-11-3-4-12-25/h5-8,13-14H,3-4,9-12H2,1-2H3,(H,22,27). The summed E-state index contributed by atoms with van der Waals surface area (Å²) in [4.78, 5) is 15.0. The highest BCUT2D eigenvalue weighted by Gasteiger charge is 2.19. The Bertz CT molecular complexity index is 1010. The van der Waals surface area contributed by atoms with Crippen LogP contribution in [0.2, 0.25) is 0 Å². The van der Waals surface area contributed by atoms with Crippen molar-refractivity contribution in [2.75, 3.05) is 38.8 Å². The Morgan fingerprint density at radius 3 is 2.63 bits per heavy atom. The first-order valence-corrected chi connectivity index (χ1v) is 10.8. The molecule has 0 radical (unpaired) electrons. The highest BCUT2D eigenvalue weighted by atomic mass is 32.1. The van der Waals surface area contributed by atoms with Crippen molar-refractivity contribution in [1.29, 1.82) is 0 Å².